The van der Waals surface area contributed by atoms with Crippen LogP contribution in [0.1, 0.15) is 39.3 Å². The molecule has 31 heavy (non-hydrogen) atoms. The highest BCUT2D eigenvalue weighted by Crippen LogP contribution is 2.31. The summed E-state index contributed by atoms with van der Waals surface area (Å²) in [6, 6.07) is 3.67. The Balaban J connectivity index is 1.77. The molecule has 0 unspecified atom stereocenters. The molecule has 2 aromatic heterocycles. The summed E-state index contributed by atoms with van der Waals surface area (Å²) in [5, 5.41) is 9.57. The van der Waals surface area contributed by atoms with Crippen LogP contribution in [0.2, 0.25) is 0 Å². The van der Waals surface area contributed by atoms with E-state index in [0.717, 1.165) is 25.9 Å². The van der Waals surface area contributed by atoms with Crippen molar-refractivity contribution in [2.45, 2.75) is 46.6 Å². The van der Waals surface area contributed by atoms with Crippen molar-refractivity contribution in [3.8, 4) is 5.88 Å². The van der Waals surface area contributed by atoms with Crippen LogP contribution in [0.25, 0.3) is 0 Å². The van der Waals surface area contributed by atoms with Gasteiger partial charge in [-0.15, -0.1) is 0 Å². The summed E-state index contributed by atoms with van der Waals surface area (Å²) in [5.74, 6) is 1.28. The maximum atomic E-state index is 12.6. The molecule has 2 aromatic rings. The number of hydrogen-bond acceptors (Lipinski definition) is 8. The summed E-state index contributed by atoms with van der Waals surface area (Å²) in [5.41, 5.74) is 2.20. The van der Waals surface area contributed by atoms with E-state index in [1.807, 2.05) is 32.9 Å². The first-order valence-corrected chi connectivity index (χ1v) is 10.7. The molecule has 3 heterocycles. The van der Waals surface area contributed by atoms with E-state index >= 15 is 0 Å². The van der Waals surface area contributed by atoms with E-state index in [-0.39, 0.29) is 12.0 Å². The van der Waals surface area contributed by atoms with Crippen molar-refractivity contribution in [2.75, 3.05) is 25.0 Å². The summed E-state index contributed by atoms with van der Waals surface area (Å²) < 4.78 is 5.78. The second kappa shape index (κ2) is 10.8. The molecule has 166 valence electrons. The second-order valence-corrected chi connectivity index (χ2v) is 7.90. The molecule has 0 saturated carbocycles. The van der Waals surface area contributed by atoms with Crippen LogP contribution in [-0.2, 0) is 4.79 Å². The van der Waals surface area contributed by atoms with Crippen LogP contribution in [0.3, 0.4) is 0 Å². The molecule has 1 saturated heterocycles. The monoisotopic (exact) mass is 425 g/mol. The van der Waals surface area contributed by atoms with Gasteiger partial charge >= 0.3 is 0 Å². The quantitative estimate of drug-likeness (QED) is 0.557. The van der Waals surface area contributed by atoms with Crippen LogP contribution < -0.4 is 20.7 Å². The first-order valence-electron chi connectivity index (χ1n) is 10.7. The van der Waals surface area contributed by atoms with Crippen molar-refractivity contribution < 1.29 is 9.53 Å². The maximum Gasteiger partial charge on any atom is 0.265 e. The zero-order valence-corrected chi connectivity index (χ0v) is 18.6. The fourth-order valence-electron chi connectivity index (χ4n) is 3.29. The first-order chi connectivity index (χ1) is 14.9. The number of rotatable bonds is 8. The number of aromatic nitrogens is 3. The van der Waals surface area contributed by atoms with Crippen molar-refractivity contribution in [3.63, 3.8) is 0 Å². The lowest BCUT2D eigenvalue weighted by molar-refractivity contribution is -0.115. The van der Waals surface area contributed by atoms with Gasteiger partial charge in [-0.2, -0.15) is 0 Å². The third-order valence-electron chi connectivity index (χ3n) is 4.99. The van der Waals surface area contributed by atoms with Crippen LogP contribution >= 0.6 is 0 Å². The minimum atomic E-state index is -0.182. The van der Waals surface area contributed by atoms with E-state index in [1.54, 1.807) is 13.1 Å². The van der Waals surface area contributed by atoms with Gasteiger partial charge in [-0.3, -0.25) is 4.79 Å². The lowest BCUT2D eigenvalue weighted by Crippen LogP contribution is -2.38. The molecule has 3 rings (SSSR count). The lowest BCUT2D eigenvalue weighted by atomic mass is 9.98. The van der Waals surface area contributed by atoms with Crippen LogP contribution in [0.5, 0.6) is 5.88 Å². The molecule has 1 fully saturated rings. The van der Waals surface area contributed by atoms with E-state index in [9.17, 15) is 4.79 Å². The molecule has 9 nitrogen and oxygen atoms in total. The number of aryl methyl sites for hydroxylation is 1. The number of aliphatic imine (C=N–C) groups is 1. The van der Waals surface area contributed by atoms with Crippen molar-refractivity contribution in [3.05, 3.63) is 30.4 Å². The van der Waals surface area contributed by atoms with Crippen LogP contribution in [0, 0.1) is 12.8 Å². The molecular weight excluding hydrogens is 394 g/mol. The molecule has 0 aliphatic carbocycles. The van der Waals surface area contributed by atoms with E-state index in [2.05, 4.69) is 35.9 Å². The number of carbonyl (C=O) groups excluding carboxylic acids is 1. The molecule has 9 heteroatoms. The van der Waals surface area contributed by atoms with Crippen molar-refractivity contribution >= 4 is 28.8 Å². The zero-order chi connectivity index (χ0) is 22.2. The molecule has 0 atom stereocenters. The number of pyridine rings is 1. The fraction of sp³-hybridized carbons (Fsp3) is 0.500. The number of amides is 1. The average Bonchev–Trinajstić information content (AvgIpc) is 2.76. The molecule has 1 amide bonds. The molecule has 0 spiro atoms. The van der Waals surface area contributed by atoms with E-state index < -0.39 is 0 Å². The SMILES string of the molecule is C/C(=N\c1c(C)ncnc1Nc1cccnc1OC(C)C)C(=O)NCC1CCNCC1. The smallest absolute Gasteiger partial charge is 0.265 e. The summed E-state index contributed by atoms with van der Waals surface area (Å²) in [4.78, 5) is 30.0. The minimum absolute atomic E-state index is 0.0223. The Bertz CT molecular complexity index is 924. The lowest BCUT2D eigenvalue weighted by Gasteiger charge is -2.22. The third kappa shape index (κ3) is 6.45. The molecule has 0 aromatic carbocycles. The Morgan fingerprint density at radius 1 is 1.29 bits per heavy atom. The molecule has 0 bridgehead atoms. The summed E-state index contributed by atoms with van der Waals surface area (Å²) in [7, 11) is 0. The molecule has 0 radical (unpaired) electrons. The van der Waals surface area contributed by atoms with Crippen LogP contribution in [0.4, 0.5) is 17.2 Å². The first kappa shape index (κ1) is 22.6. The second-order valence-electron chi connectivity index (χ2n) is 7.90. The van der Waals surface area contributed by atoms with Gasteiger partial charge in [0.05, 0.1) is 11.8 Å². The third-order valence-corrected chi connectivity index (χ3v) is 4.99. The number of ether oxygens (including phenoxy) is 1. The molecule has 1 aliphatic rings. The number of anilines is 2. The predicted octanol–water partition coefficient (Wildman–Crippen LogP) is 2.92. The molecule has 3 N–H and O–H groups in total. The van der Waals surface area contributed by atoms with Gasteiger partial charge in [0.15, 0.2) is 5.82 Å². The molecular formula is C22H31N7O2. The highest BCUT2D eigenvalue weighted by Gasteiger charge is 2.17. The minimum Gasteiger partial charge on any atom is -0.473 e. The summed E-state index contributed by atoms with van der Waals surface area (Å²) >= 11 is 0. The number of carbonyl (C=O) groups is 1. The van der Waals surface area contributed by atoms with Gasteiger partial charge in [0, 0.05) is 12.7 Å². The van der Waals surface area contributed by atoms with Gasteiger partial charge in [0.2, 0.25) is 5.88 Å². The van der Waals surface area contributed by atoms with Gasteiger partial charge in [-0.1, -0.05) is 0 Å². The van der Waals surface area contributed by atoms with Gasteiger partial charge in [-0.25, -0.2) is 19.9 Å². The van der Waals surface area contributed by atoms with Gasteiger partial charge in [0.25, 0.3) is 5.91 Å². The van der Waals surface area contributed by atoms with Gasteiger partial charge < -0.3 is 20.7 Å². The topological polar surface area (TPSA) is 113 Å². The Morgan fingerprint density at radius 3 is 2.81 bits per heavy atom. The number of piperidine rings is 1. The number of hydrogen-bond donors (Lipinski definition) is 3. The summed E-state index contributed by atoms with van der Waals surface area (Å²) in [6.45, 7) is 10.1. The predicted molar refractivity (Wildman–Crippen MR) is 121 cm³/mol. The van der Waals surface area contributed by atoms with Crippen LogP contribution in [-0.4, -0.2) is 52.3 Å². The highest BCUT2D eigenvalue weighted by molar-refractivity contribution is 6.38. The van der Waals surface area contributed by atoms with E-state index in [1.165, 1.54) is 6.33 Å². The van der Waals surface area contributed by atoms with Gasteiger partial charge in [-0.05, 0) is 71.7 Å². The summed E-state index contributed by atoms with van der Waals surface area (Å²) in [6.07, 6.45) is 5.25. The Kier molecular flexibility index (Phi) is 7.88. The highest BCUT2D eigenvalue weighted by atomic mass is 16.5. The average molecular weight is 426 g/mol. The number of nitrogens with zero attached hydrogens (tertiary/aromatic N) is 4. The van der Waals surface area contributed by atoms with E-state index in [4.69, 9.17) is 4.74 Å². The van der Waals surface area contributed by atoms with Crippen LogP contribution in [0.15, 0.2) is 29.6 Å². The number of nitrogens with one attached hydrogen (secondary N) is 3. The fourth-order valence-corrected chi connectivity index (χ4v) is 3.29. The largest absolute Gasteiger partial charge is 0.473 e. The molecule has 1 aliphatic heterocycles. The van der Waals surface area contributed by atoms with Crippen molar-refractivity contribution in [1.29, 1.82) is 0 Å². The van der Waals surface area contributed by atoms with Gasteiger partial charge in [0.1, 0.15) is 23.4 Å². The van der Waals surface area contributed by atoms with Crippen molar-refractivity contribution in [1.82, 2.24) is 25.6 Å². The van der Waals surface area contributed by atoms with E-state index in [0.29, 0.717) is 46.9 Å². The normalized spacial score (nSPS) is 15.1. The zero-order valence-electron chi connectivity index (χ0n) is 18.6. The Labute approximate surface area is 183 Å². The van der Waals surface area contributed by atoms with Crippen molar-refractivity contribution in [2.24, 2.45) is 10.9 Å². The maximum absolute atomic E-state index is 12.6. The standard InChI is InChI=1S/C22H31N7O2/c1-14(2)31-22-18(6-5-9-24-22)29-20-19(15(3)26-13-27-20)28-16(4)21(30)25-12-17-7-10-23-11-8-17/h5-6,9,13-14,17,23H,7-8,10-12H2,1-4H3,(H,25,30)(H,26,27,29)/b28-16+. The Morgan fingerprint density at radius 2 is 2.06 bits per heavy atom. The Hall–Kier alpha value is -3.07.